The van der Waals surface area contributed by atoms with Crippen LogP contribution < -0.4 is 0 Å². The van der Waals surface area contributed by atoms with Gasteiger partial charge in [0.1, 0.15) is 0 Å². The van der Waals surface area contributed by atoms with Gasteiger partial charge in [-0.15, -0.1) is 11.3 Å². The molecule has 0 aliphatic heterocycles. The van der Waals surface area contributed by atoms with E-state index in [-0.39, 0.29) is 5.56 Å². The van der Waals surface area contributed by atoms with Crippen LogP contribution in [0.1, 0.15) is 12.5 Å². The number of thiophene rings is 1. The second kappa shape index (κ2) is 5.07. The summed E-state index contributed by atoms with van der Waals surface area (Å²) in [5, 5.41) is 12.7. The minimum atomic E-state index is -4.75. The van der Waals surface area contributed by atoms with Crippen LogP contribution in [-0.4, -0.2) is 16.3 Å². The molecule has 3 rings (SSSR count). The number of aromatic nitrogens is 1. The van der Waals surface area contributed by atoms with Crippen molar-refractivity contribution < 1.29 is 18.3 Å². The smallest absolute Gasteiger partial charge is 0.376 e. The molecule has 1 aromatic carbocycles. The molecule has 1 atom stereocenters. The molecule has 0 amide bonds. The maximum Gasteiger partial charge on any atom is 0.421 e. The van der Waals surface area contributed by atoms with Crippen molar-refractivity contribution in [3.63, 3.8) is 0 Å². The Morgan fingerprint density at radius 3 is 2.64 bits per heavy atom. The Bertz CT molecular complexity index is 823. The highest BCUT2D eigenvalue weighted by Crippen LogP contribution is 2.40. The van der Waals surface area contributed by atoms with E-state index in [0.717, 1.165) is 22.6 Å². The molecule has 1 N–H and O–H groups in total. The standard InChI is InChI=1S/C16H12F3NOS/c1-15(21,16(17,18)19)11-5-7-20-13(9-11)12-4-2-3-10-6-8-22-14(10)12/h2-9,21H,1H3. The summed E-state index contributed by atoms with van der Waals surface area (Å²) in [7, 11) is 0. The summed E-state index contributed by atoms with van der Waals surface area (Å²) < 4.78 is 39.9. The molecule has 0 spiro atoms. The van der Waals surface area contributed by atoms with Gasteiger partial charge in [-0.1, -0.05) is 18.2 Å². The molecule has 0 saturated carbocycles. The van der Waals surface area contributed by atoms with Crippen LogP contribution in [-0.2, 0) is 5.60 Å². The number of alkyl halides is 3. The summed E-state index contributed by atoms with van der Waals surface area (Å²) in [4.78, 5) is 4.16. The number of fused-ring (bicyclic) bond motifs is 1. The summed E-state index contributed by atoms with van der Waals surface area (Å²) in [6.07, 6.45) is -3.46. The monoisotopic (exact) mass is 323 g/mol. The van der Waals surface area contributed by atoms with Crippen LogP contribution in [0.25, 0.3) is 21.3 Å². The van der Waals surface area contributed by atoms with Gasteiger partial charge in [0.2, 0.25) is 0 Å². The number of pyridine rings is 1. The van der Waals surface area contributed by atoms with Crippen LogP contribution in [0.2, 0.25) is 0 Å². The highest BCUT2D eigenvalue weighted by atomic mass is 32.1. The zero-order chi connectivity index (χ0) is 16.0. The third-order valence-corrected chi connectivity index (χ3v) is 4.59. The van der Waals surface area contributed by atoms with Crippen molar-refractivity contribution in [2.75, 3.05) is 0 Å². The van der Waals surface area contributed by atoms with E-state index in [9.17, 15) is 18.3 Å². The normalized spacial score (nSPS) is 15.0. The first-order valence-corrected chi connectivity index (χ1v) is 7.41. The van der Waals surface area contributed by atoms with E-state index in [4.69, 9.17) is 0 Å². The molecule has 22 heavy (non-hydrogen) atoms. The van der Waals surface area contributed by atoms with E-state index in [1.54, 1.807) is 0 Å². The molecule has 0 aliphatic rings. The average Bonchev–Trinajstić information content (AvgIpc) is 2.94. The molecule has 2 heterocycles. The van der Waals surface area contributed by atoms with Crippen molar-refractivity contribution in [1.82, 2.24) is 4.98 Å². The maximum atomic E-state index is 13.0. The number of halogens is 3. The van der Waals surface area contributed by atoms with Gasteiger partial charge in [-0.25, -0.2) is 0 Å². The molecule has 3 aromatic rings. The van der Waals surface area contributed by atoms with E-state index < -0.39 is 11.8 Å². The van der Waals surface area contributed by atoms with Crippen LogP contribution in [0.15, 0.2) is 48.0 Å². The van der Waals surface area contributed by atoms with Gasteiger partial charge in [-0.3, -0.25) is 4.98 Å². The van der Waals surface area contributed by atoms with E-state index in [1.807, 2.05) is 29.6 Å². The van der Waals surface area contributed by atoms with Crippen LogP contribution in [0.5, 0.6) is 0 Å². The Morgan fingerprint density at radius 1 is 1.14 bits per heavy atom. The van der Waals surface area contributed by atoms with Gasteiger partial charge in [-0.05, 0) is 41.5 Å². The van der Waals surface area contributed by atoms with Gasteiger partial charge in [0, 0.05) is 16.5 Å². The molecule has 0 saturated heterocycles. The largest absolute Gasteiger partial charge is 0.421 e. The lowest BCUT2D eigenvalue weighted by Gasteiger charge is -2.26. The van der Waals surface area contributed by atoms with Gasteiger partial charge >= 0.3 is 6.18 Å². The average molecular weight is 323 g/mol. The van der Waals surface area contributed by atoms with E-state index in [1.165, 1.54) is 29.7 Å². The minimum Gasteiger partial charge on any atom is -0.376 e. The van der Waals surface area contributed by atoms with Crippen molar-refractivity contribution >= 4 is 21.4 Å². The van der Waals surface area contributed by atoms with Gasteiger partial charge in [0.15, 0.2) is 5.60 Å². The van der Waals surface area contributed by atoms with Gasteiger partial charge in [0.25, 0.3) is 0 Å². The number of nitrogens with zero attached hydrogens (tertiary/aromatic N) is 1. The fourth-order valence-corrected chi connectivity index (χ4v) is 3.16. The number of benzene rings is 1. The Labute approximate surface area is 128 Å². The predicted octanol–water partition coefficient (Wildman–Crippen LogP) is 4.73. The molecule has 0 aliphatic carbocycles. The molecule has 0 bridgehead atoms. The molecular formula is C16H12F3NOS. The van der Waals surface area contributed by atoms with Gasteiger partial charge in [-0.2, -0.15) is 13.2 Å². The van der Waals surface area contributed by atoms with Gasteiger partial charge in [0.05, 0.1) is 5.69 Å². The molecular weight excluding hydrogens is 311 g/mol. The zero-order valence-corrected chi connectivity index (χ0v) is 12.4. The Kier molecular flexibility index (Phi) is 3.45. The third-order valence-electron chi connectivity index (χ3n) is 3.63. The number of hydrogen-bond donors (Lipinski definition) is 1. The van der Waals surface area contributed by atoms with Gasteiger partial charge < -0.3 is 5.11 Å². The lowest BCUT2D eigenvalue weighted by atomic mass is 9.94. The SMILES string of the molecule is CC(O)(c1ccnc(-c2cccc3ccsc23)c1)C(F)(F)F. The number of rotatable bonds is 2. The number of aliphatic hydroxyl groups is 1. The first-order valence-electron chi connectivity index (χ1n) is 6.53. The highest BCUT2D eigenvalue weighted by molar-refractivity contribution is 7.17. The molecule has 114 valence electrons. The second-order valence-electron chi connectivity index (χ2n) is 5.14. The fourth-order valence-electron chi connectivity index (χ4n) is 2.24. The molecule has 2 nitrogen and oxygen atoms in total. The predicted molar refractivity (Wildman–Crippen MR) is 80.7 cm³/mol. The van der Waals surface area contributed by atoms with Crippen LogP contribution >= 0.6 is 11.3 Å². The summed E-state index contributed by atoms with van der Waals surface area (Å²) in [5.74, 6) is 0. The van der Waals surface area contributed by atoms with Crippen LogP contribution in [0.4, 0.5) is 13.2 Å². The summed E-state index contributed by atoms with van der Waals surface area (Å²) in [6, 6.07) is 10.0. The minimum absolute atomic E-state index is 0.224. The maximum absolute atomic E-state index is 13.0. The summed E-state index contributed by atoms with van der Waals surface area (Å²) in [5.41, 5.74) is -1.96. The topological polar surface area (TPSA) is 33.1 Å². The van der Waals surface area contributed by atoms with E-state index in [2.05, 4.69) is 4.98 Å². The summed E-state index contributed by atoms with van der Waals surface area (Å²) in [6.45, 7) is 0.748. The first kappa shape index (κ1) is 15.0. The molecule has 0 fully saturated rings. The lowest BCUT2D eigenvalue weighted by Crippen LogP contribution is -2.39. The molecule has 1 unspecified atom stereocenters. The van der Waals surface area contributed by atoms with E-state index >= 15 is 0 Å². The molecule has 2 aromatic heterocycles. The van der Waals surface area contributed by atoms with Crippen LogP contribution in [0, 0.1) is 0 Å². The quantitative estimate of drug-likeness (QED) is 0.739. The van der Waals surface area contributed by atoms with E-state index in [0.29, 0.717) is 5.69 Å². The Morgan fingerprint density at radius 2 is 1.91 bits per heavy atom. The number of hydrogen-bond acceptors (Lipinski definition) is 3. The van der Waals surface area contributed by atoms with Crippen molar-refractivity contribution in [1.29, 1.82) is 0 Å². The summed E-state index contributed by atoms with van der Waals surface area (Å²) >= 11 is 1.50. The Balaban J connectivity index is 2.15. The lowest BCUT2D eigenvalue weighted by molar-refractivity contribution is -0.258. The first-order chi connectivity index (χ1) is 10.3. The molecule has 0 radical (unpaired) electrons. The van der Waals surface area contributed by atoms with Crippen LogP contribution in [0.3, 0.4) is 0 Å². The van der Waals surface area contributed by atoms with Crippen molar-refractivity contribution in [2.24, 2.45) is 0 Å². The fraction of sp³-hybridized carbons (Fsp3) is 0.188. The zero-order valence-electron chi connectivity index (χ0n) is 11.6. The second-order valence-corrected chi connectivity index (χ2v) is 6.06. The Hall–Kier alpha value is -1.92. The molecule has 6 heteroatoms. The third kappa shape index (κ3) is 2.38. The van der Waals surface area contributed by atoms with Crippen molar-refractivity contribution in [3.8, 4) is 11.3 Å². The van der Waals surface area contributed by atoms with Crippen molar-refractivity contribution in [3.05, 3.63) is 53.5 Å². The van der Waals surface area contributed by atoms with Crippen molar-refractivity contribution in [2.45, 2.75) is 18.7 Å². The highest BCUT2D eigenvalue weighted by Gasteiger charge is 2.51.